The number of aryl methyl sites for hydroxylation is 2. The molecule has 0 radical (unpaired) electrons. The molecular weight excluding hydrogens is 446 g/mol. The summed E-state index contributed by atoms with van der Waals surface area (Å²) >= 11 is 6.24. The molecule has 0 atom stereocenters. The SMILES string of the molecule is Cc1cc(Nc2ccc3c(c2)N(C(=O)c2ccc(Nc4cc(C)ncc4Cl)cc2)CC3)ccn1. The second-order valence-electron chi connectivity index (χ2n) is 8.37. The van der Waals surface area contributed by atoms with E-state index in [0.29, 0.717) is 17.1 Å². The van der Waals surface area contributed by atoms with Gasteiger partial charge in [0.2, 0.25) is 0 Å². The molecule has 0 aliphatic carbocycles. The van der Waals surface area contributed by atoms with E-state index >= 15 is 0 Å². The van der Waals surface area contributed by atoms with Crippen LogP contribution in [0.5, 0.6) is 0 Å². The topological polar surface area (TPSA) is 70.2 Å². The van der Waals surface area contributed by atoms with Crippen molar-refractivity contribution in [1.82, 2.24) is 9.97 Å². The molecule has 6 nitrogen and oxygen atoms in total. The van der Waals surface area contributed by atoms with Gasteiger partial charge < -0.3 is 15.5 Å². The van der Waals surface area contributed by atoms with Gasteiger partial charge in [0, 0.05) is 58.6 Å². The molecule has 0 fully saturated rings. The highest BCUT2D eigenvalue weighted by Gasteiger charge is 2.26. The smallest absolute Gasteiger partial charge is 0.258 e. The molecule has 0 spiro atoms. The van der Waals surface area contributed by atoms with Gasteiger partial charge in [0.25, 0.3) is 5.91 Å². The zero-order valence-electron chi connectivity index (χ0n) is 19.0. The van der Waals surface area contributed by atoms with Crippen molar-refractivity contribution in [3.05, 3.63) is 101 Å². The number of nitrogens with zero attached hydrogens (tertiary/aromatic N) is 3. The molecule has 0 unspecified atom stereocenters. The van der Waals surface area contributed by atoms with Crippen LogP contribution in [0.1, 0.15) is 27.3 Å². The molecule has 7 heteroatoms. The Morgan fingerprint density at radius 1 is 0.882 bits per heavy atom. The fraction of sp³-hybridized carbons (Fsp3) is 0.148. The van der Waals surface area contributed by atoms with Crippen LogP contribution in [-0.4, -0.2) is 22.4 Å². The summed E-state index contributed by atoms with van der Waals surface area (Å²) in [6, 6.07) is 19.5. The van der Waals surface area contributed by atoms with E-state index < -0.39 is 0 Å². The van der Waals surface area contributed by atoms with Crippen LogP contribution in [0.15, 0.2) is 73.1 Å². The lowest BCUT2D eigenvalue weighted by atomic mass is 10.1. The summed E-state index contributed by atoms with van der Waals surface area (Å²) in [5, 5.41) is 7.25. The van der Waals surface area contributed by atoms with Gasteiger partial charge in [-0.25, -0.2) is 0 Å². The molecule has 0 saturated heterocycles. The van der Waals surface area contributed by atoms with E-state index in [9.17, 15) is 4.79 Å². The Morgan fingerprint density at radius 2 is 1.62 bits per heavy atom. The highest BCUT2D eigenvalue weighted by molar-refractivity contribution is 6.33. The van der Waals surface area contributed by atoms with Crippen LogP contribution in [0.3, 0.4) is 0 Å². The van der Waals surface area contributed by atoms with Crippen LogP contribution in [-0.2, 0) is 6.42 Å². The van der Waals surface area contributed by atoms with Crippen molar-refractivity contribution in [3.8, 4) is 0 Å². The van der Waals surface area contributed by atoms with Crippen molar-refractivity contribution >= 4 is 45.9 Å². The minimum absolute atomic E-state index is 0.0139. The molecule has 1 amide bonds. The number of carbonyl (C=O) groups is 1. The number of aromatic nitrogens is 2. The van der Waals surface area contributed by atoms with Gasteiger partial charge in [0.1, 0.15) is 0 Å². The Kier molecular flexibility index (Phi) is 5.90. The van der Waals surface area contributed by atoms with Crippen molar-refractivity contribution in [2.24, 2.45) is 0 Å². The maximum atomic E-state index is 13.3. The summed E-state index contributed by atoms with van der Waals surface area (Å²) in [4.78, 5) is 23.6. The zero-order valence-corrected chi connectivity index (χ0v) is 19.7. The normalized spacial score (nSPS) is 12.4. The lowest BCUT2D eigenvalue weighted by Gasteiger charge is -2.19. The Balaban J connectivity index is 1.33. The number of carbonyl (C=O) groups excluding carboxylic acids is 1. The Labute approximate surface area is 203 Å². The predicted molar refractivity (Wildman–Crippen MR) is 138 cm³/mol. The third-order valence-electron chi connectivity index (χ3n) is 5.81. The largest absolute Gasteiger partial charge is 0.355 e. The van der Waals surface area contributed by atoms with Gasteiger partial charge in [0.15, 0.2) is 0 Å². The fourth-order valence-electron chi connectivity index (χ4n) is 4.10. The predicted octanol–water partition coefficient (Wildman–Crippen LogP) is 6.44. The van der Waals surface area contributed by atoms with Crippen LogP contribution >= 0.6 is 11.6 Å². The molecule has 0 saturated carbocycles. The van der Waals surface area contributed by atoms with Crippen LogP contribution < -0.4 is 15.5 Å². The zero-order chi connectivity index (χ0) is 23.7. The van der Waals surface area contributed by atoms with Gasteiger partial charge in [-0.1, -0.05) is 17.7 Å². The molecule has 3 heterocycles. The minimum atomic E-state index is -0.0139. The number of rotatable bonds is 5. The summed E-state index contributed by atoms with van der Waals surface area (Å²) in [5.41, 5.74) is 8.12. The van der Waals surface area contributed by atoms with Crippen molar-refractivity contribution in [2.45, 2.75) is 20.3 Å². The molecule has 2 aromatic carbocycles. The number of anilines is 5. The van der Waals surface area contributed by atoms with E-state index in [-0.39, 0.29) is 5.91 Å². The van der Waals surface area contributed by atoms with E-state index in [1.165, 1.54) is 5.56 Å². The van der Waals surface area contributed by atoms with Crippen LogP contribution in [0, 0.1) is 13.8 Å². The fourth-order valence-corrected chi connectivity index (χ4v) is 4.25. The van der Waals surface area contributed by atoms with Crippen molar-refractivity contribution < 1.29 is 4.79 Å². The third kappa shape index (κ3) is 4.58. The van der Waals surface area contributed by atoms with Crippen LogP contribution in [0.25, 0.3) is 0 Å². The summed E-state index contributed by atoms with van der Waals surface area (Å²) < 4.78 is 0. The lowest BCUT2D eigenvalue weighted by molar-refractivity contribution is 0.0989. The third-order valence-corrected chi connectivity index (χ3v) is 6.12. The molecule has 2 N–H and O–H groups in total. The number of hydrogen-bond acceptors (Lipinski definition) is 5. The van der Waals surface area contributed by atoms with Gasteiger partial charge >= 0.3 is 0 Å². The quantitative estimate of drug-likeness (QED) is 0.352. The lowest BCUT2D eigenvalue weighted by Crippen LogP contribution is -2.28. The van der Waals surface area contributed by atoms with E-state index in [4.69, 9.17) is 11.6 Å². The number of fused-ring (bicyclic) bond motifs is 1. The molecule has 4 aromatic rings. The molecule has 170 valence electrons. The van der Waals surface area contributed by atoms with Gasteiger partial charge in [-0.05, 0) is 80.4 Å². The van der Waals surface area contributed by atoms with Crippen molar-refractivity contribution in [1.29, 1.82) is 0 Å². The highest BCUT2D eigenvalue weighted by atomic mass is 35.5. The number of nitrogens with one attached hydrogen (secondary N) is 2. The number of pyridine rings is 2. The Hall–Kier alpha value is -3.90. The van der Waals surface area contributed by atoms with E-state index in [1.54, 1.807) is 12.4 Å². The Morgan fingerprint density at radius 3 is 2.41 bits per heavy atom. The van der Waals surface area contributed by atoms with Gasteiger partial charge in [-0.3, -0.25) is 14.8 Å². The number of hydrogen-bond donors (Lipinski definition) is 2. The first-order valence-corrected chi connectivity index (χ1v) is 11.5. The molecule has 5 rings (SSSR count). The van der Waals surface area contributed by atoms with Gasteiger partial charge in [-0.15, -0.1) is 0 Å². The molecular formula is C27H24ClN5O. The summed E-state index contributed by atoms with van der Waals surface area (Å²) in [6.45, 7) is 4.54. The highest BCUT2D eigenvalue weighted by Crippen LogP contribution is 2.33. The van der Waals surface area contributed by atoms with Crippen LogP contribution in [0.2, 0.25) is 5.02 Å². The van der Waals surface area contributed by atoms with Gasteiger partial charge in [-0.2, -0.15) is 0 Å². The standard InChI is InChI=1S/C27H24ClN5O/c1-17-13-23(9-11-29-17)31-22-8-3-19-10-12-33(26(19)15-22)27(34)20-4-6-21(7-5-20)32-25-14-18(2)30-16-24(25)28/h3-9,11,13-16H,10,12H2,1-2H3,(H,29,31)(H,30,32). The number of benzene rings is 2. The summed E-state index contributed by atoms with van der Waals surface area (Å²) in [7, 11) is 0. The Bertz CT molecular complexity index is 1370. The average Bonchev–Trinajstić information content (AvgIpc) is 3.25. The second-order valence-corrected chi connectivity index (χ2v) is 8.78. The number of halogens is 1. The maximum Gasteiger partial charge on any atom is 0.258 e. The first-order chi connectivity index (χ1) is 16.5. The van der Waals surface area contributed by atoms with Crippen molar-refractivity contribution in [2.75, 3.05) is 22.1 Å². The van der Waals surface area contributed by atoms with E-state index in [0.717, 1.165) is 46.2 Å². The molecule has 34 heavy (non-hydrogen) atoms. The monoisotopic (exact) mass is 469 g/mol. The number of amides is 1. The molecule has 1 aliphatic heterocycles. The summed E-state index contributed by atoms with van der Waals surface area (Å²) in [5.74, 6) is -0.0139. The first-order valence-electron chi connectivity index (χ1n) is 11.1. The maximum absolute atomic E-state index is 13.3. The average molecular weight is 470 g/mol. The van der Waals surface area contributed by atoms with Crippen molar-refractivity contribution in [3.63, 3.8) is 0 Å². The first kappa shape index (κ1) is 21.9. The second kappa shape index (κ2) is 9.15. The van der Waals surface area contributed by atoms with Crippen LogP contribution in [0.4, 0.5) is 28.4 Å². The van der Waals surface area contributed by atoms with E-state index in [1.807, 2.05) is 67.3 Å². The van der Waals surface area contributed by atoms with E-state index in [2.05, 4.69) is 32.7 Å². The molecule has 2 aromatic heterocycles. The molecule has 1 aliphatic rings. The van der Waals surface area contributed by atoms with Gasteiger partial charge in [0.05, 0.1) is 10.7 Å². The summed E-state index contributed by atoms with van der Waals surface area (Å²) in [6.07, 6.45) is 4.25. The minimum Gasteiger partial charge on any atom is -0.355 e. The molecule has 0 bridgehead atoms.